The van der Waals surface area contributed by atoms with Crippen LogP contribution in [0.3, 0.4) is 0 Å². The molecule has 0 fully saturated rings. The van der Waals surface area contributed by atoms with E-state index in [0.29, 0.717) is 6.54 Å². The second-order valence-electron chi connectivity index (χ2n) is 7.25. The van der Waals surface area contributed by atoms with Crippen molar-refractivity contribution in [2.45, 2.75) is 39.7 Å². The highest BCUT2D eigenvalue weighted by Gasteiger charge is 2.29. The number of hydrogen-bond acceptors (Lipinski definition) is 4. The van der Waals surface area contributed by atoms with Gasteiger partial charge in [0, 0.05) is 31.6 Å². The molecule has 0 aliphatic carbocycles. The van der Waals surface area contributed by atoms with Gasteiger partial charge in [-0.05, 0) is 11.8 Å². The standard InChI is InChI=1S/C19H27N3O2.ClH/c1-19(2,3)17(20)18(23)22(4)12-8-11-15-13-16(21-24-15)14-9-6-5-7-10-14;/h5-7,9-10,13,17H,8,11-12,20H2,1-4H3;1H/t17-;/m1./s1. The van der Waals surface area contributed by atoms with Gasteiger partial charge < -0.3 is 15.2 Å². The molecule has 1 atom stereocenters. The Morgan fingerprint density at radius 1 is 1.28 bits per heavy atom. The lowest BCUT2D eigenvalue weighted by Crippen LogP contribution is -2.49. The molecule has 0 spiro atoms. The first-order valence-electron chi connectivity index (χ1n) is 8.30. The van der Waals surface area contributed by atoms with Crippen molar-refractivity contribution in [3.05, 3.63) is 42.2 Å². The number of nitrogens with two attached hydrogens (primary N) is 1. The van der Waals surface area contributed by atoms with Gasteiger partial charge >= 0.3 is 0 Å². The SMILES string of the molecule is CN(CCCc1cc(-c2ccccc2)no1)C(=O)[C@@H](N)C(C)(C)C.Cl. The Bertz CT molecular complexity index is 665. The number of carbonyl (C=O) groups excluding carboxylic acids is 1. The van der Waals surface area contributed by atoms with Crippen molar-refractivity contribution >= 4 is 18.3 Å². The third-order valence-corrected chi connectivity index (χ3v) is 4.12. The van der Waals surface area contributed by atoms with Crippen molar-refractivity contribution in [1.82, 2.24) is 10.1 Å². The molecule has 0 radical (unpaired) electrons. The van der Waals surface area contributed by atoms with Crippen molar-refractivity contribution in [3.63, 3.8) is 0 Å². The van der Waals surface area contributed by atoms with Crippen LogP contribution in [-0.4, -0.2) is 35.6 Å². The number of likely N-dealkylation sites (N-methyl/N-ethyl adjacent to an activating group) is 1. The molecule has 2 rings (SSSR count). The van der Waals surface area contributed by atoms with E-state index in [1.54, 1.807) is 11.9 Å². The predicted molar refractivity (Wildman–Crippen MR) is 103 cm³/mol. The number of nitrogens with zero attached hydrogens (tertiary/aromatic N) is 2. The Morgan fingerprint density at radius 2 is 1.92 bits per heavy atom. The largest absolute Gasteiger partial charge is 0.361 e. The maximum Gasteiger partial charge on any atom is 0.239 e. The molecular formula is C19H28ClN3O2. The zero-order valence-electron chi connectivity index (χ0n) is 15.4. The fraction of sp³-hybridized carbons (Fsp3) is 0.474. The van der Waals surface area contributed by atoms with E-state index < -0.39 is 6.04 Å². The van der Waals surface area contributed by atoms with Crippen LogP contribution in [0.2, 0.25) is 0 Å². The predicted octanol–water partition coefficient (Wildman–Crippen LogP) is 3.53. The van der Waals surface area contributed by atoms with Gasteiger partial charge in [0.15, 0.2) is 0 Å². The first-order valence-corrected chi connectivity index (χ1v) is 8.30. The van der Waals surface area contributed by atoms with Crippen LogP contribution < -0.4 is 5.73 Å². The van der Waals surface area contributed by atoms with E-state index in [-0.39, 0.29) is 23.7 Å². The maximum atomic E-state index is 12.3. The maximum absolute atomic E-state index is 12.3. The number of carbonyl (C=O) groups is 1. The van der Waals surface area contributed by atoms with Crippen LogP contribution in [0.4, 0.5) is 0 Å². The van der Waals surface area contributed by atoms with Crippen molar-refractivity contribution in [1.29, 1.82) is 0 Å². The topological polar surface area (TPSA) is 72.4 Å². The first-order chi connectivity index (χ1) is 11.3. The van der Waals surface area contributed by atoms with Crippen molar-refractivity contribution in [3.8, 4) is 11.3 Å². The molecule has 2 aromatic rings. The summed E-state index contributed by atoms with van der Waals surface area (Å²) < 4.78 is 5.38. The minimum Gasteiger partial charge on any atom is -0.361 e. The van der Waals surface area contributed by atoms with Gasteiger partial charge in [-0.3, -0.25) is 4.79 Å². The molecule has 0 aliphatic heterocycles. The highest BCUT2D eigenvalue weighted by atomic mass is 35.5. The molecule has 1 aromatic heterocycles. The van der Waals surface area contributed by atoms with Crippen LogP contribution in [0, 0.1) is 5.41 Å². The normalized spacial score (nSPS) is 12.4. The molecule has 1 heterocycles. The van der Waals surface area contributed by atoms with Crippen molar-refractivity contribution in [2.24, 2.45) is 11.1 Å². The molecular weight excluding hydrogens is 338 g/mol. The molecule has 6 heteroatoms. The van der Waals surface area contributed by atoms with Crippen LogP contribution in [0.1, 0.15) is 33.0 Å². The van der Waals surface area contributed by atoms with Gasteiger partial charge in [0.2, 0.25) is 5.91 Å². The quantitative estimate of drug-likeness (QED) is 0.849. The third kappa shape index (κ3) is 5.87. The zero-order chi connectivity index (χ0) is 17.7. The molecule has 0 saturated heterocycles. The molecule has 1 amide bonds. The monoisotopic (exact) mass is 365 g/mol. The van der Waals surface area contributed by atoms with E-state index in [1.165, 1.54) is 0 Å². The van der Waals surface area contributed by atoms with Gasteiger partial charge in [-0.25, -0.2) is 0 Å². The summed E-state index contributed by atoms with van der Waals surface area (Å²) >= 11 is 0. The lowest BCUT2D eigenvalue weighted by atomic mass is 9.86. The van der Waals surface area contributed by atoms with Crippen LogP contribution in [0.5, 0.6) is 0 Å². The second kappa shape index (κ2) is 9.02. The van der Waals surface area contributed by atoms with E-state index in [1.807, 2.05) is 57.2 Å². The van der Waals surface area contributed by atoms with Crippen molar-refractivity contribution < 1.29 is 9.32 Å². The molecule has 0 aliphatic rings. The Kier molecular flexibility index (Phi) is 7.64. The van der Waals surface area contributed by atoms with Crippen LogP contribution in [0.25, 0.3) is 11.3 Å². The molecule has 5 nitrogen and oxygen atoms in total. The van der Waals surface area contributed by atoms with Gasteiger partial charge in [0.05, 0.1) is 6.04 Å². The third-order valence-electron chi connectivity index (χ3n) is 4.12. The number of halogens is 1. The lowest BCUT2D eigenvalue weighted by molar-refractivity contribution is -0.133. The average molecular weight is 366 g/mol. The number of benzene rings is 1. The zero-order valence-corrected chi connectivity index (χ0v) is 16.2. The molecule has 1 aromatic carbocycles. The number of aromatic nitrogens is 1. The van der Waals surface area contributed by atoms with Gasteiger partial charge in [-0.1, -0.05) is 56.3 Å². The number of rotatable bonds is 6. The minimum absolute atomic E-state index is 0. The first kappa shape index (κ1) is 21.2. The molecule has 25 heavy (non-hydrogen) atoms. The molecule has 2 N–H and O–H groups in total. The second-order valence-corrected chi connectivity index (χ2v) is 7.25. The average Bonchev–Trinajstić information content (AvgIpc) is 3.02. The van der Waals surface area contributed by atoms with E-state index >= 15 is 0 Å². The van der Waals surface area contributed by atoms with E-state index in [4.69, 9.17) is 10.3 Å². The van der Waals surface area contributed by atoms with Gasteiger partial charge in [-0.15, -0.1) is 12.4 Å². The Hall–Kier alpha value is -1.85. The summed E-state index contributed by atoms with van der Waals surface area (Å²) in [7, 11) is 1.80. The smallest absolute Gasteiger partial charge is 0.239 e. The van der Waals surface area contributed by atoms with E-state index in [2.05, 4.69) is 5.16 Å². The molecule has 0 unspecified atom stereocenters. The Labute approximate surface area is 156 Å². The Morgan fingerprint density at radius 3 is 2.52 bits per heavy atom. The van der Waals surface area contributed by atoms with Gasteiger partial charge in [0.1, 0.15) is 11.5 Å². The molecule has 0 bridgehead atoms. The number of aryl methyl sites for hydroxylation is 1. The summed E-state index contributed by atoms with van der Waals surface area (Å²) in [5.41, 5.74) is 7.67. The van der Waals surface area contributed by atoms with Gasteiger partial charge in [0.25, 0.3) is 0 Å². The van der Waals surface area contributed by atoms with E-state index in [0.717, 1.165) is 29.9 Å². The summed E-state index contributed by atoms with van der Waals surface area (Å²) in [6.45, 7) is 6.57. The number of hydrogen-bond donors (Lipinski definition) is 1. The fourth-order valence-electron chi connectivity index (χ4n) is 2.38. The van der Waals surface area contributed by atoms with Gasteiger partial charge in [-0.2, -0.15) is 0 Å². The molecule has 138 valence electrons. The van der Waals surface area contributed by atoms with Crippen LogP contribution >= 0.6 is 12.4 Å². The lowest BCUT2D eigenvalue weighted by Gasteiger charge is -2.29. The fourth-order valence-corrected chi connectivity index (χ4v) is 2.38. The summed E-state index contributed by atoms with van der Waals surface area (Å²) in [5.74, 6) is 0.805. The molecule has 0 saturated carbocycles. The highest BCUT2D eigenvalue weighted by molar-refractivity contribution is 5.85. The summed E-state index contributed by atoms with van der Waals surface area (Å²) in [4.78, 5) is 14.0. The van der Waals surface area contributed by atoms with Crippen LogP contribution in [-0.2, 0) is 11.2 Å². The summed E-state index contributed by atoms with van der Waals surface area (Å²) in [5, 5.41) is 4.10. The summed E-state index contributed by atoms with van der Waals surface area (Å²) in [6, 6.07) is 11.4. The van der Waals surface area contributed by atoms with E-state index in [9.17, 15) is 4.79 Å². The van der Waals surface area contributed by atoms with Crippen molar-refractivity contribution in [2.75, 3.05) is 13.6 Å². The van der Waals surface area contributed by atoms with Crippen LogP contribution in [0.15, 0.2) is 40.9 Å². The minimum atomic E-state index is -0.488. The highest BCUT2D eigenvalue weighted by Crippen LogP contribution is 2.20. The number of amides is 1. The summed E-state index contributed by atoms with van der Waals surface area (Å²) in [6.07, 6.45) is 1.55. The Balaban J connectivity index is 0.00000312.